The second kappa shape index (κ2) is 12.3. The summed E-state index contributed by atoms with van der Waals surface area (Å²) in [5.41, 5.74) is 17.8. The van der Waals surface area contributed by atoms with Gasteiger partial charge in [0.1, 0.15) is 0 Å². The predicted octanol–water partition coefficient (Wildman–Crippen LogP) is 2.91. The molecule has 3 aromatic carbocycles. The monoisotopic (exact) mass is 593 g/mol. The fourth-order valence-corrected chi connectivity index (χ4v) is 5.98. The number of aryl methyl sites for hydroxylation is 1. The predicted molar refractivity (Wildman–Crippen MR) is 167 cm³/mol. The molecule has 1 atom stereocenters. The van der Waals surface area contributed by atoms with Crippen LogP contribution in [0.15, 0.2) is 71.5 Å². The van der Waals surface area contributed by atoms with Gasteiger partial charge in [0.25, 0.3) is 5.91 Å². The van der Waals surface area contributed by atoms with E-state index in [-0.39, 0.29) is 23.9 Å². The molecule has 1 aliphatic carbocycles. The summed E-state index contributed by atoms with van der Waals surface area (Å²) in [6, 6.07) is 19.6. The van der Waals surface area contributed by atoms with Crippen LogP contribution in [0.5, 0.6) is 0 Å². The summed E-state index contributed by atoms with van der Waals surface area (Å²) >= 11 is 0. The summed E-state index contributed by atoms with van der Waals surface area (Å²) in [4.78, 5) is 43.8. The van der Waals surface area contributed by atoms with Gasteiger partial charge in [-0.25, -0.2) is 9.69 Å². The average molecular weight is 594 g/mol. The van der Waals surface area contributed by atoms with E-state index in [4.69, 9.17) is 11.5 Å². The Kier molecular flexibility index (Phi) is 8.18. The lowest BCUT2D eigenvalue weighted by atomic mass is 9.81. The van der Waals surface area contributed by atoms with Gasteiger partial charge in [0, 0.05) is 18.5 Å². The number of imide groups is 1. The summed E-state index contributed by atoms with van der Waals surface area (Å²) in [6.45, 7) is 0.602. The van der Waals surface area contributed by atoms with Crippen LogP contribution in [-0.4, -0.2) is 54.6 Å². The van der Waals surface area contributed by atoms with Gasteiger partial charge < -0.3 is 16.5 Å². The van der Waals surface area contributed by atoms with Gasteiger partial charge in [0.15, 0.2) is 0 Å². The number of amides is 2. The maximum Gasteiger partial charge on any atom is 0.326 e. The highest BCUT2D eigenvalue weighted by atomic mass is 16.2. The number of tetrazole rings is 1. The first-order valence-electron chi connectivity index (χ1n) is 14.8. The molecule has 2 aromatic heterocycles. The number of nitrogens with zero attached hydrogens (tertiary/aromatic N) is 5. The number of benzene rings is 3. The van der Waals surface area contributed by atoms with E-state index in [1.165, 1.54) is 4.90 Å². The van der Waals surface area contributed by atoms with Gasteiger partial charge >= 0.3 is 5.69 Å². The molecule has 1 aliphatic rings. The molecule has 0 saturated heterocycles. The Morgan fingerprint density at radius 3 is 2.32 bits per heavy atom. The van der Waals surface area contributed by atoms with Crippen LogP contribution in [0.4, 0.5) is 5.69 Å². The Balaban J connectivity index is 1.21. The molecule has 0 spiro atoms. The lowest BCUT2D eigenvalue weighted by Crippen LogP contribution is -2.50. The third-order valence-corrected chi connectivity index (χ3v) is 8.66. The number of fused-ring (bicyclic) bond motifs is 1. The fraction of sp³-hybridized carbons (Fsp3) is 0.312. The van der Waals surface area contributed by atoms with Crippen molar-refractivity contribution < 1.29 is 9.59 Å². The van der Waals surface area contributed by atoms with Gasteiger partial charge in [0.2, 0.25) is 11.7 Å². The average Bonchev–Trinajstić information content (AvgIpc) is 3.70. The lowest BCUT2D eigenvalue weighted by molar-refractivity contribution is -0.130. The molecule has 5 aromatic rings. The molecule has 226 valence electrons. The number of carbonyl (C=O) groups is 2. The van der Waals surface area contributed by atoms with E-state index in [0.717, 1.165) is 40.6 Å². The van der Waals surface area contributed by atoms with Crippen LogP contribution in [0.3, 0.4) is 0 Å². The SMILES string of the molecule is Cn1c(=O)[nH]c2ccc(-c3ccc(C[C@H](N)C(=O)N(C(=O)C4CCC(CN)CC4)c4ccc(-c5nn[nH]n5)cc4)cc3)cc21. The molecule has 12 nitrogen and oxygen atoms in total. The van der Waals surface area contributed by atoms with Crippen LogP contribution in [0.1, 0.15) is 31.2 Å². The molecule has 0 aliphatic heterocycles. The van der Waals surface area contributed by atoms with E-state index in [1.807, 2.05) is 42.5 Å². The third-order valence-electron chi connectivity index (χ3n) is 8.66. The Hall–Kier alpha value is -4.94. The summed E-state index contributed by atoms with van der Waals surface area (Å²) in [5, 5.41) is 14.0. The summed E-state index contributed by atoms with van der Waals surface area (Å²) in [7, 11) is 1.73. The number of anilines is 1. The van der Waals surface area contributed by atoms with Gasteiger partial charge in [-0.05, 0) is 103 Å². The normalized spacial score (nSPS) is 17.4. The molecular weight excluding hydrogens is 558 g/mol. The molecule has 0 unspecified atom stereocenters. The van der Waals surface area contributed by atoms with Crippen LogP contribution in [0.2, 0.25) is 0 Å². The standard InChI is InChI=1S/C32H35N9O3/c1-40-28-17-24(12-15-27(28)35-32(40)44)21-6-2-19(3-7-21)16-26(34)31(43)41(30(42)23-8-4-20(18-33)5-9-23)25-13-10-22(11-14-25)29-36-38-39-37-29/h2-3,6-7,10-15,17,20,23,26H,4-5,8-9,16,18,33-34H2,1H3,(H,35,44)(H,36,37,38,39)/t20?,23?,26-/m0/s1. The molecule has 0 radical (unpaired) electrons. The number of aromatic amines is 2. The molecule has 6 N–H and O–H groups in total. The lowest BCUT2D eigenvalue weighted by Gasteiger charge is -2.32. The quantitative estimate of drug-likeness (QED) is 0.212. The number of carbonyl (C=O) groups excluding carboxylic acids is 2. The minimum absolute atomic E-state index is 0.162. The van der Waals surface area contributed by atoms with Crippen molar-refractivity contribution in [2.75, 3.05) is 11.4 Å². The Labute approximate surface area is 253 Å². The van der Waals surface area contributed by atoms with Gasteiger partial charge in [-0.1, -0.05) is 30.3 Å². The number of rotatable bonds is 8. The number of H-pyrrole nitrogens is 2. The molecule has 1 saturated carbocycles. The Bertz CT molecular complexity index is 1820. The number of nitrogens with two attached hydrogens (primary N) is 2. The molecule has 2 heterocycles. The molecular formula is C32H35N9O3. The van der Waals surface area contributed by atoms with Gasteiger partial charge in [-0.15, -0.1) is 10.2 Å². The summed E-state index contributed by atoms with van der Waals surface area (Å²) in [6.07, 6.45) is 3.35. The number of hydrogen-bond donors (Lipinski definition) is 4. The smallest absolute Gasteiger partial charge is 0.326 e. The van der Waals surface area contributed by atoms with E-state index >= 15 is 0 Å². The van der Waals surface area contributed by atoms with E-state index in [2.05, 4.69) is 25.6 Å². The molecule has 1 fully saturated rings. The molecule has 6 rings (SSSR count). The number of imidazole rings is 1. The second-order valence-electron chi connectivity index (χ2n) is 11.5. The van der Waals surface area contributed by atoms with Crippen molar-refractivity contribution in [2.45, 2.75) is 38.1 Å². The van der Waals surface area contributed by atoms with Crippen molar-refractivity contribution in [1.29, 1.82) is 0 Å². The third kappa shape index (κ3) is 5.81. The summed E-state index contributed by atoms with van der Waals surface area (Å²) in [5.74, 6) is -0.149. The first kappa shape index (κ1) is 29.1. The highest BCUT2D eigenvalue weighted by Gasteiger charge is 2.35. The van der Waals surface area contributed by atoms with E-state index in [1.54, 1.807) is 35.9 Å². The van der Waals surface area contributed by atoms with Crippen molar-refractivity contribution in [3.63, 3.8) is 0 Å². The Morgan fingerprint density at radius 2 is 1.66 bits per heavy atom. The zero-order valence-electron chi connectivity index (χ0n) is 24.4. The van der Waals surface area contributed by atoms with Crippen LogP contribution in [-0.2, 0) is 23.1 Å². The number of hydrogen-bond acceptors (Lipinski definition) is 8. The topological polar surface area (TPSA) is 182 Å². The summed E-state index contributed by atoms with van der Waals surface area (Å²) < 4.78 is 1.58. The fourth-order valence-electron chi connectivity index (χ4n) is 5.98. The minimum atomic E-state index is -0.937. The first-order valence-corrected chi connectivity index (χ1v) is 14.8. The van der Waals surface area contributed by atoms with Crippen LogP contribution < -0.4 is 22.1 Å². The van der Waals surface area contributed by atoms with Gasteiger partial charge in [-0.2, -0.15) is 5.21 Å². The van der Waals surface area contributed by atoms with Crippen LogP contribution in [0, 0.1) is 11.8 Å². The second-order valence-corrected chi connectivity index (χ2v) is 11.5. The van der Waals surface area contributed by atoms with Crippen molar-refractivity contribution >= 4 is 28.5 Å². The minimum Gasteiger partial charge on any atom is -0.330 e. The number of aromatic nitrogens is 6. The van der Waals surface area contributed by atoms with Crippen molar-refractivity contribution in [3.05, 3.63) is 82.8 Å². The molecule has 44 heavy (non-hydrogen) atoms. The van der Waals surface area contributed by atoms with E-state index in [9.17, 15) is 14.4 Å². The zero-order valence-corrected chi connectivity index (χ0v) is 24.4. The van der Waals surface area contributed by atoms with E-state index < -0.39 is 11.9 Å². The van der Waals surface area contributed by atoms with E-state index in [0.29, 0.717) is 42.4 Å². The zero-order chi connectivity index (χ0) is 30.8. The van der Waals surface area contributed by atoms with Gasteiger partial charge in [0.05, 0.1) is 22.8 Å². The maximum absolute atomic E-state index is 13.9. The first-order chi connectivity index (χ1) is 21.3. The van der Waals surface area contributed by atoms with Crippen LogP contribution >= 0.6 is 0 Å². The highest BCUT2D eigenvalue weighted by molar-refractivity contribution is 6.17. The maximum atomic E-state index is 13.9. The largest absolute Gasteiger partial charge is 0.330 e. The van der Waals surface area contributed by atoms with Crippen LogP contribution in [0.25, 0.3) is 33.5 Å². The van der Waals surface area contributed by atoms with Crippen molar-refractivity contribution in [1.82, 2.24) is 30.2 Å². The highest BCUT2D eigenvalue weighted by Crippen LogP contribution is 2.32. The molecule has 12 heteroatoms. The van der Waals surface area contributed by atoms with Crippen molar-refractivity contribution in [2.24, 2.45) is 30.4 Å². The molecule has 2 amide bonds. The Morgan fingerprint density at radius 1 is 0.977 bits per heavy atom. The van der Waals surface area contributed by atoms with Gasteiger partial charge in [-0.3, -0.25) is 14.2 Å². The number of nitrogens with one attached hydrogen (secondary N) is 2. The van der Waals surface area contributed by atoms with Crippen molar-refractivity contribution in [3.8, 4) is 22.5 Å². The molecule has 0 bridgehead atoms.